The summed E-state index contributed by atoms with van der Waals surface area (Å²) in [6.07, 6.45) is 1.58. The number of nitrogens with two attached hydrogens (primary N) is 1. The lowest BCUT2D eigenvalue weighted by atomic mass is 10.2. The highest BCUT2D eigenvalue weighted by Gasteiger charge is 2.21. The number of carbonyl (C=O) groups excluding carboxylic acids is 1. The maximum Gasteiger partial charge on any atom is 0.200 e. The van der Waals surface area contributed by atoms with E-state index >= 15 is 0 Å². The number of hydrogen-bond donors (Lipinski definition) is 1. The predicted octanol–water partition coefficient (Wildman–Crippen LogP) is 1.95. The van der Waals surface area contributed by atoms with E-state index < -0.39 is 0 Å². The average molecular weight is 320 g/mol. The van der Waals surface area contributed by atoms with Gasteiger partial charge in [0, 0.05) is 6.20 Å². The first-order valence-corrected chi connectivity index (χ1v) is 7.22. The third kappa shape index (κ3) is 2.30. The molecule has 3 aromatic heterocycles. The van der Waals surface area contributed by atoms with Crippen LogP contribution in [-0.2, 0) is 6.54 Å². The average Bonchev–Trinajstić information content (AvgIpc) is 3.19. The number of Topliss-reactive ketones (excluding diaryl/α,β-unsaturated/α-hetero) is 1. The number of para-hydroxylation sites is 2. The fourth-order valence-corrected chi connectivity index (χ4v) is 2.52. The lowest BCUT2D eigenvalue weighted by Crippen LogP contribution is -2.13. The van der Waals surface area contributed by atoms with Crippen LogP contribution >= 0.6 is 0 Å². The van der Waals surface area contributed by atoms with E-state index in [1.54, 1.807) is 29.0 Å². The minimum Gasteiger partial charge on any atom is -0.379 e. The van der Waals surface area contributed by atoms with Crippen LogP contribution in [0.1, 0.15) is 10.5 Å². The SMILES string of the molecule is Nc1nonc1-c1nc2ccccc2n1CC(=O)c1ccccn1. The van der Waals surface area contributed by atoms with E-state index in [2.05, 4.69) is 24.9 Å². The summed E-state index contributed by atoms with van der Waals surface area (Å²) in [5.74, 6) is 0.408. The topological polar surface area (TPSA) is 113 Å². The van der Waals surface area contributed by atoms with Crippen molar-refractivity contribution in [3.8, 4) is 11.5 Å². The highest BCUT2D eigenvalue weighted by Crippen LogP contribution is 2.26. The van der Waals surface area contributed by atoms with Gasteiger partial charge in [0.05, 0.1) is 17.6 Å². The second kappa shape index (κ2) is 5.58. The van der Waals surface area contributed by atoms with Gasteiger partial charge >= 0.3 is 0 Å². The second-order valence-electron chi connectivity index (χ2n) is 5.15. The Bertz CT molecular complexity index is 1020. The summed E-state index contributed by atoms with van der Waals surface area (Å²) >= 11 is 0. The molecule has 8 heteroatoms. The van der Waals surface area contributed by atoms with Gasteiger partial charge in [-0.3, -0.25) is 9.78 Å². The summed E-state index contributed by atoms with van der Waals surface area (Å²) in [4.78, 5) is 21.2. The van der Waals surface area contributed by atoms with Gasteiger partial charge in [0.1, 0.15) is 5.69 Å². The molecule has 1 aromatic carbocycles. The highest BCUT2D eigenvalue weighted by molar-refractivity contribution is 5.95. The molecule has 0 radical (unpaired) electrons. The van der Waals surface area contributed by atoms with Crippen LogP contribution in [0.2, 0.25) is 0 Å². The van der Waals surface area contributed by atoms with Crippen molar-refractivity contribution in [3.63, 3.8) is 0 Å². The summed E-state index contributed by atoms with van der Waals surface area (Å²) in [7, 11) is 0. The van der Waals surface area contributed by atoms with Crippen LogP contribution in [0.15, 0.2) is 53.3 Å². The summed E-state index contributed by atoms with van der Waals surface area (Å²) < 4.78 is 6.40. The molecule has 0 aliphatic rings. The molecule has 0 saturated carbocycles. The smallest absolute Gasteiger partial charge is 0.200 e. The van der Waals surface area contributed by atoms with E-state index in [0.717, 1.165) is 11.0 Å². The van der Waals surface area contributed by atoms with Crippen molar-refractivity contribution in [2.24, 2.45) is 0 Å². The van der Waals surface area contributed by atoms with E-state index in [-0.39, 0.29) is 18.1 Å². The molecule has 8 nitrogen and oxygen atoms in total. The van der Waals surface area contributed by atoms with Crippen molar-refractivity contribution in [1.82, 2.24) is 24.8 Å². The molecule has 0 spiro atoms. The molecule has 24 heavy (non-hydrogen) atoms. The Kier molecular flexibility index (Phi) is 3.27. The van der Waals surface area contributed by atoms with Crippen LogP contribution in [0.5, 0.6) is 0 Å². The number of fused-ring (bicyclic) bond motifs is 1. The number of hydrogen-bond acceptors (Lipinski definition) is 7. The lowest BCUT2D eigenvalue weighted by Gasteiger charge is -2.06. The van der Waals surface area contributed by atoms with Gasteiger partial charge in [-0.05, 0) is 34.6 Å². The Morgan fingerprint density at radius 1 is 1.12 bits per heavy atom. The molecular weight excluding hydrogens is 308 g/mol. The molecular formula is C16H12N6O2. The molecule has 4 aromatic rings. The predicted molar refractivity (Wildman–Crippen MR) is 86.0 cm³/mol. The largest absolute Gasteiger partial charge is 0.379 e. The molecule has 0 aliphatic carbocycles. The molecule has 118 valence electrons. The van der Waals surface area contributed by atoms with Crippen molar-refractivity contribution < 1.29 is 9.42 Å². The van der Waals surface area contributed by atoms with E-state index in [0.29, 0.717) is 17.2 Å². The quantitative estimate of drug-likeness (QED) is 0.572. The zero-order valence-corrected chi connectivity index (χ0v) is 12.5. The van der Waals surface area contributed by atoms with E-state index in [1.165, 1.54) is 0 Å². The van der Waals surface area contributed by atoms with Crippen LogP contribution in [-0.4, -0.2) is 30.6 Å². The van der Waals surface area contributed by atoms with Gasteiger partial charge in [-0.25, -0.2) is 9.61 Å². The van der Waals surface area contributed by atoms with Crippen LogP contribution in [0.3, 0.4) is 0 Å². The number of ketones is 1. The van der Waals surface area contributed by atoms with Crippen LogP contribution in [0, 0.1) is 0 Å². The third-order valence-electron chi connectivity index (χ3n) is 3.63. The Labute approximate surface area is 135 Å². The summed E-state index contributed by atoms with van der Waals surface area (Å²) in [6.45, 7) is 0.0547. The Balaban J connectivity index is 1.84. The maximum atomic E-state index is 12.6. The van der Waals surface area contributed by atoms with Gasteiger partial charge in [-0.15, -0.1) is 0 Å². The van der Waals surface area contributed by atoms with Crippen molar-refractivity contribution in [3.05, 3.63) is 54.4 Å². The van der Waals surface area contributed by atoms with Gasteiger partial charge in [-0.2, -0.15) is 0 Å². The number of nitrogens with zero attached hydrogens (tertiary/aromatic N) is 5. The number of rotatable bonds is 4. The minimum absolute atomic E-state index is 0.0547. The van der Waals surface area contributed by atoms with Gasteiger partial charge in [0.2, 0.25) is 5.78 Å². The van der Waals surface area contributed by atoms with Crippen molar-refractivity contribution in [2.45, 2.75) is 6.54 Å². The zero-order chi connectivity index (χ0) is 16.5. The Hall–Kier alpha value is -3.55. The normalized spacial score (nSPS) is 11.0. The molecule has 2 N–H and O–H groups in total. The number of anilines is 1. The molecule has 0 amide bonds. The van der Waals surface area contributed by atoms with Gasteiger partial charge in [0.25, 0.3) is 0 Å². The first kappa shape index (κ1) is 14.1. The third-order valence-corrected chi connectivity index (χ3v) is 3.63. The molecule has 0 fully saturated rings. The molecule has 4 rings (SSSR count). The number of nitrogen functional groups attached to an aromatic ring is 1. The highest BCUT2D eigenvalue weighted by atomic mass is 16.6. The Morgan fingerprint density at radius 2 is 1.96 bits per heavy atom. The van der Waals surface area contributed by atoms with Crippen molar-refractivity contribution >= 4 is 22.6 Å². The summed E-state index contributed by atoms with van der Waals surface area (Å²) in [5, 5.41) is 7.38. The first-order valence-electron chi connectivity index (χ1n) is 7.22. The van der Waals surface area contributed by atoms with Crippen LogP contribution in [0.4, 0.5) is 5.82 Å². The minimum atomic E-state index is -0.143. The van der Waals surface area contributed by atoms with Crippen molar-refractivity contribution in [1.29, 1.82) is 0 Å². The number of carbonyl (C=O) groups is 1. The van der Waals surface area contributed by atoms with Crippen LogP contribution in [0.25, 0.3) is 22.6 Å². The van der Waals surface area contributed by atoms with Crippen LogP contribution < -0.4 is 5.73 Å². The second-order valence-corrected chi connectivity index (χ2v) is 5.15. The number of benzene rings is 1. The van der Waals surface area contributed by atoms with E-state index in [4.69, 9.17) is 5.73 Å². The van der Waals surface area contributed by atoms with Gasteiger partial charge in [0.15, 0.2) is 17.3 Å². The standard InChI is InChI=1S/C16H12N6O2/c17-15-14(20-24-21-15)16-19-10-5-1-2-7-12(10)22(16)9-13(23)11-6-3-4-8-18-11/h1-8H,9H2,(H2,17,21). The summed E-state index contributed by atoms with van der Waals surface area (Å²) in [6, 6.07) is 12.7. The first-order chi connectivity index (χ1) is 11.7. The number of aromatic nitrogens is 5. The van der Waals surface area contributed by atoms with E-state index in [1.807, 2.05) is 24.3 Å². The molecule has 0 atom stereocenters. The fraction of sp³-hybridized carbons (Fsp3) is 0.0625. The van der Waals surface area contributed by atoms with Gasteiger partial charge in [-0.1, -0.05) is 18.2 Å². The monoisotopic (exact) mass is 320 g/mol. The lowest BCUT2D eigenvalue weighted by molar-refractivity contribution is 0.0969. The molecule has 0 aliphatic heterocycles. The fourth-order valence-electron chi connectivity index (χ4n) is 2.52. The molecule has 3 heterocycles. The maximum absolute atomic E-state index is 12.6. The number of imidazole rings is 1. The Morgan fingerprint density at radius 3 is 2.71 bits per heavy atom. The zero-order valence-electron chi connectivity index (χ0n) is 12.5. The molecule has 0 unspecified atom stereocenters. The van der Waals surface area contributed by atoms with Gasteiger partial charge < -0.3 is 10.3 Å². The number of pyridine rings is 1. The van der Waals surface area contributed by atoms with Crippen molar-refractivity contribution in [2.75, 3.05) is 5.73 Å². The van der Waals surface area contributed by atoms with E-state index in [9.17, 15) is 4.79 Å². The molecule has 0 bridgehead atoms. The summed E-state index contributed by atoms with van der Waals surface area (Å²) in [5.41, 5.74) is 7.99. The molecule has 0 saturated heterocycles.